The number of rotatable bonds is 5. The third-order valence-corrected chi connectivity index (χ3v) is 7.83. The Bertz CT molecular complexity index is 1710. The summed E-state index contributed by atoms with van der Waals surface area (Å²) in [7, 11) is 0. The molecular weight excluding hydrogens is 498 g/mol. The molecule has 2 aromatic carbocycles. The van der Waals surface area contributed by atoms with Gasteiger partial charge in [-0.1, -0.05) is 41.9 Å². The quantitative estimate of drug-likeness (QED) is 0.320. The van der Waals surface area contributed by atoms with Crippen LogP contribution in [-0.2, 0) is 6.54 Å². The average Bonchev–Trinajstić information content (AvgIpc) is 3.21. The van der Waals surface area contributed by atoms with Gasteiger partial charge in [0, 0.05) is 30.4 Å². The van der Waals surface area contributed by atoms with E-state index in [0.717, 1.165) is 53.3 Å². The van der Waals surface area contributed by atoms with Crippen LogP contribution < -0.4 is 11.0 Å². The molecule has 0 saturated heterocycles. The zero-order valence-corrected chi connectivity index (χ0v) is 21.9. The number of nitrogens with zero attached hydrogens (tertiary/aromatic N) is 4. The Morgan fingerprint density at radius 3 is 2.55 bits per heavy atom. The molecule has 0 spiro atoms. The van der Waals surface area contributed by atoms with E-state index in [1.165, 1.54) is 0 Å². The monoisotopic (exact) mass is 525 g/mol. The number of hydrogen-bond donors (Lipinski definition) is 1. The first-order chi connectivity index (χ1) is 18.5. The van der Waals surface area contributed by atoms with E-state index in [-0.39, 0.29) is 17.6 Å². The van der Waals surface area contributed by atoms with Crippen LogP contribution in [-0.4, -0.2) is 31.1 Å². The zero-order chi connectivity index (χ0) is 26.2. The number of aromatic nitrogens is 4. The van der Waals surface area contributed by atoms with E-state index >= 15 is 0 Å². The van der Waals surface area contributed by atoms with Crippen molar-refractivity contribution in [3.8, 4) is 5.69 Å². The molecule has 1 aliphatic rings. The predicted octanol–water partition coefficient (Wildman–Crippen LogP) is 5.69. The van der Waals surface area contributed by atoms with Crippen molar-refractivity contribution >= 4 is 39.4 Å². The SMILES string of the molecule is Cc1ncc(Cl)cc1C(=O)NC1CCC(Cn2c(=O)n(-c3ccnc4ccccc34)c3ccccc32)CC1. The lowest BCUT2D eigenvalue weighted by molar-refractivity contribution is 0.0919. The van der Waals surface area contributed by atoms with Crippen LogP contribution in [0.4, 0.5) is 0 Å². The molecule has 1 fully saturated rings. The van der Waals surface area contributed by atoms with Crippen LogP contribution >= 0.6 is 11.6 Å². The van der Waals surface area contributed by atoms with Crippen molar-refractivity contribution in [2.45, 2.75) is 45.2 Å². The third kappa shape index (κ3) is 4.47. The molecular formula is C30H28ClN5O2. The van der Waals surface area contributed by atoms with Gasteiger partial charge in [0.2, 0.25) is 0 Å². The van der Waals surface area contributed by atoms with Gasteiger partial charge in [-0.05, 0) is 68.9 Å². The first kappa shape index (κ1) is 24.4. The number of imidazole rings is 1. The van der Waals surface area contributed by atoms with Crippen molar-refractivity contribution in [2.24, 2.45) is 5.92 Å². The van der Waals surface area contributed by atoms with Gasteiger partial charge in [-0.15, -0.1) is 0 Å². The maximum Gasteiger partial charge on any atom is 0.333 e. The average molecular weight is 526 g/mol. The van der Waals surface area contributed by atoms with Gasteiger partial charge in [0.25, 0.3) is 5.91 Å². The summed E-state index contributed by atoms with van der Waals surface area (Å²) in [5, 5.41) is 4.55. The summed E-state index contributed by atoms with van der Waals surface area (Å²) in [6.07, 6.45) is 6.91. The highest BCUT2D eigenvalue weighted by molar-refractivity contribution is 6.30. The van der Waals surface area contributed by atoms with Gasteiger partial charge in [-0.2, -0.15) is 0 Å². The van der Waals surface area contributed by atoms with Crippen molar-refractivity contribution in [3.05, 3.63) is 99.8 Å². The zero-order valence-electron chi connectivity index (χ0n) is 21.1. The van der Waals surface area contributed by atoms with Crippen LogP contribution in [0, 0.1) is 12.8 Å². The lowest BCUT2D eigenvalue weighted by Gasteiger charge is -2.29. The van der Waals surface area contributed by atoms with Gasteiger partial charge in [-0.3, -0.25) is 23.9 Å². The van der Waals surface area contributed by atoms with Crippen LogP contribution in [0.1, 0.15) is 41.7 Å². The van der Waals surface area contributed by atoms with Gasteiger partial charge in [0.15, 0.2) is 0 Å². The number of fused-ring (bicyclic) bond motifs is 2. The van der Waals surface area contributed by atoms with E-state index in [1.807, 2.05) is 70.7 Å². The van der Waals surface area contributed by atoms with Crippen molar-refractivity contribution < 1.29 is 4.79 Å². The molecule has 1 saturated carbocycles. The summed E-state index contributed by atoms with van der Waals surface area (Å²) in [4.78, 5) is 35.3. The van der Waals surface area contributed by atoms with Gasteiger partial charge in [0.1, 0.15) is 0 Å². The van der Waals surface area contributed by atoms with Crippen LogP contribution in [0.2, 0.25) is 5.02 Å². The summed E-state index contributed by atoms with van der Waals surface area (Å²) >= 11 is 6.05. The minimum Gasteiger partial charge on any atom is -0.349 e. The van der Waals surface area contributed by atoms with Gasteiger partial charge in [0.05, 0.1) is 38.5 Å². The summed E-state index contributed by atoms with van der Waals surface area (Å²) in [6.45, 7) is 2.46. The van der Waals surface area contributed by atoms with E-state index in [2.05, 4.69) is 15.3 Å². The molecule has 0 atom stereocenters. The van der Waals surface area contributed by atoms with E-state index in [9.17, 15) is 9.59 Å². The first-order valence-electron chi connectivity index (χ1n) is 13.0. The predicted molar refractivity (Wildman–Crippen MR) is 150 cm³/mol. The van der Waals surface area contributed by atoms with E-state index in [0.29, 0.717) is 28.7 Å². The number of hydrogen-bond acceptors (Lipinski definition) is 4. The number of benzene rings is 2. The standard InChI is InChI=1S/C30H28ClN5O2/c1-19-24(16-21(31)17-33-19)29(37)34-22-12-10-20(11-13-22)18-35-27-8-4-5-9-28(27)36(30(35)38)26-14-15-32-25-7-3-2-6-23(25)26/h2-9,14-17,20,22H,10-13,18H2,1H3,(H,34,37). The number of pyridine rings is 2. The Morgan fingerprint density at radius 1 is 1.00 bits per heavy atom. The fourth-order valence-electron chi connectivity index (χ4n) is 5.64. The molecule has 0 aliphatic heterocycles. The minimum atomic E-state index is -0.134. The number of para-hydroxylation sites is 3. The third-order valence-electron chi connectivity index (χ3n) is 7.62. The second kappa shape index (κ2) is 10.1. The fourth-order valence-corrected chi connectivity index (χ4v) is 5.80. The maximum absolute atomic E-state index is 13.9. The van der Waals surface area contributed by atoms with Gasteiger partial charge >= 0.3 is 5.69 Å². The van der Waals surface area contributed by atoms with Gasteiger partial charge < -0.3 is 5.32 Å². The summed E-state index contributed by atoms with van der Waals surface area (Å²) in [5.74, 6) is 0.216. The highest BCUT2D eigenvalue weighted by Crippen LogP contribution is 2.29. The van der Waals surface area contributed by atoms with E-state index in [1.54, 1.807) is 18.5 Å². The number of carbonyl (C=O) groups is 1. The largest absolute Gasteiger partial charge is 0.349 e. The molecule has 3 heterocycles. The molecule has 1 N–H and O–H groups in total. The molecule has 3 aromatic heterocycles. The molecule has 5 aromatic rings. The number of amides is 1. The van der Waals surface area contributed by atoms with Crippen LogP contribution in [0.3, 0.4) is 0 Å². The Balaban J connectivity index is 1.23. The fraction of sp³-hybridized carbons (Fsp3) is 0.267. The Labute approximate surface area is 225 Å². The van der Waals surface area contributed by atoms with Crippen molar-refractivity contribution in [1.82, 2.24) is 24.4 Å². The Hall–Kier alpha value is -3.97. The number of carbonyl (C=O) groups excluding carboxylic acids is 1. The lowest BCUT2D eigenvalue weighted by Crippen LogP contribution is -2.39. The Kier molecular flexibility index (Phi) is 6.45. The molecule has 1 amide bonds. The van der Waals surface area contributed by atoms with Crippen LogP contribution in [0.25, 0.3) is 27.6 Å². The summed E-state index contributed by atoms with van der Waals surface area (Å²) in [5.41, 5.74) is 4.66. The molecule has 192 valence electrons. The van der Waals surface area contributed by atoms with Gasteiger partial charge in [-0.25, -0.2) is 4.79 Å². The highest BCUT2D eigenvalue weighted by atomic mass is 35.5. The summed E-state index contributed by atoms with van der Waals surface area (Å²) < 4.78 is 3.72. The second-order valence-electron chi connectivity index (χ2n) is 10.0. The number of aryl methyl sites for hydroxylation is 1. The van der Waals surface area contributed by atoms with Crippen molar-refractivity contribution in [2.75, 3.05) is 0 Å². The van der Waals surface area contributed by atoms with Crippen LogP contribution in [0.5, 0.6) is 0 Å². The smallest absolute Gasteiger partial charge is 0.333 e. The molecule has 0 bridgehead atoms. The molecule has 38 heavy (non-hydrogen) atoms. The highest BCUT2D eigenvalue weighted by Gasteiger charge is 2.26. The summed E-state index contributed by atoms with van der Waals surface area (Å²) in [6, 6.07) is 19.5. The van der Waals surface area contributed by atoms with Crippen molar-refractivity contribution in [1.29, 1.82) is 0 Å². The molecule has 0 radical (unpaired) electrons. The number of halogens is 1. The molecule has 6 rings (SSSR count). The second-order valence-corrected chi connectivity index (χ2v) is 10.5. The van der Waals surface area contributed by atoms with E-state index < -0.39 is 0 Å². The topological polar surface area (TPSA) is 81.8 Å². The maximum atomic E-state index is 13.9. The lowest BCUT2D eigenvalue weighted by atomic mass is 9.85. The molecule has 8 heteroatoms. The molecule has 1 aliphatic carbocycles. The minimum absolute atomic E-state index is 0.0399. The van der Waals surface area contributed by atoms with E-state index in [4.69, 9.17) is 11.6 Å². The number of nitrogens with one attached hydrogen (secondary N) is 1. The van der Waals surface area contributed by atoms with Crippen LogP contribution in [0.15, 0.2) is 77.9 Å². The normalized spacial score (nSPS) is 17.6. The van der Waals surface area contributed by atoms with Crippen molar-refractivity contribution in [3.63, 3.8) is 0 Å². The Morgan fingerprint density at radius 2 is 1.74 bits per heavy atom. The first-order valence-corrected chi connectivity index (χ1v) is 13.3. The molecule has 7 nitrogen and oxygen atoms in total. The molecule has 0 unspecified atom stereocenters.